The van der Waals surface area contributed by atoms with Crippen molar-refractivity contribution >= 4 is 44.8 Å². The normalized spacial score (nSPS) is 11.5. The second kappa shape index (κ2) is 8.20. The number of hydrogen-bond donors (Lipinski definition) is 1. The number of halogens is 2. The van der Waals surface area contributed by atoms with Crippen molar-refractivity contribution in [1.82, 2.24) is 15.0 Å². The van der Waals surface area contributed by atoms with Crippen molar-refractivity contribution in [3.8, 4) is 21.7 Å². The van der Waals surface area contributed by atoms with Gasteiger partial charge in [0.2, 0.25) is 11.2 Å². The van der Waals surface area contributed by atoms with Gasteiger partial charge in [-0.25, -0.2) is 19.7 Å². The van der Waals surface area contributed by atoms with Gasteiger partial charge in [-0.15, -0.1) is 11.3 Å². The minimum Gasteiger partial charge on any atom is -0.444 e. The Morgan fingerprint density at radius 2 is 1.97 bits per heavy atom. The Labute approximate surface area is 187 Å². The second-order valence-electron chi connectivity index (χ2n) is 7.72. The van der Waals surface area contributed by atoms with Crippen LogP contribution in [0.15, 0.2) is 48.8 Å². The van der Waals surface area contributed by atoms with Crippen LogP contribution in [0.5, 0.6) is 0 Å². The number of anilines is 1. The molecule has 6 nitrogen and oxygen atoms in total. The number of nitrogens with zero attached hydrogens (tertiary/aromatic N) is 3. The van der Waals surface area contributed by atoms with E-state index in [1.54, 1.807) is 33.0 Å². The van der Waals surface area contributed by atoms with E-state index in [4.69, 9.17) is 16.3 Å². The van der Waals surface area contributed by atoms with E-state index in [1.165, 1.54) is 23.6 Å². The lowest BCUT2D eigenvalue weighted by atomic mass is 10.0. The fourth-order valence-corrected chi connectivity index (χ4v) is 4.34. The van der Waals surface area contributed by atoms with Gasteiger partial charge < -0.3 is 4.74 Å². The zero-order valence-corrected chi connectivity index (χ0v) is 18.5. The first-order chi connectivity index (χ1) is 14.7. The number of amides is 1. The molecule has 0 bridgehead atoms. The van der Waals surface area contributed by atoms with Gasteiger partial charge in [0.1, 0.15) is 5.60 Å². The Morgan fingerprint density at radius 1 is 1.16 bits per heavy atom. The van der Waals surface area contributed by atoms with Crippen molar-refractivity contribution in [3.05, 3.63) is 60.0 Å². The summed E-state index contributed by atoms with van der Waals surface area (Å²) in [4.78, 5) is 25.1. The van der Waals surface area contributed by atoms with Gasteiger partial charge in [-0.3, -0.25) is 5.32 Å². The molecular formula is C22H18ClFN4O2S. The highest BCUT2D eigenvalue weighted by molar-refractivity contribution is 7.22. The van der Waals surface area contributed by atoms with Crippen LogP contribution in [-0.4, -0.2) is 26.6 Å². The molecule has 0 saturated heterocycles. The van der Waals surface area contributed by atoms with Gasteiger partial charge in [-0.05, 0) is 49.9 Å². The van der Waals surface area contributed by atoms with E-state index in [-0.39, 0.29) is 5.28 Å². The second-order valence-corrected chi connectivity index (χ2v) is 9.12. The predicted molar refractivity (Wildman–Crippen MR) is 121 cm³/mol. The summed E-state index contributed by atoms with van der Waals surface area (Å²) >= 11 is 7.42. The highest BCUT2D eigenvalue weighted by Crippen LogP contribution is 2.41. The average Bonchev–Trinajstić information content (AvgIpc) is 3.12. The Morgan fingerprint density at radius 3 is 2.71 bits per heavy atom. The molecule has 9 heteroatoms. The molecule has 4 aromatic rings. The van der Waals surface area contributed by atoms with Crippen molar-refractivity contribution in [2.45, 2.75) is 26.4 Å². The number of rotatable bonds is 3. The molecule has 3 heterocycles. The number of benzene rings is 1. The number of thiophene rings is 1. The number of ether oxygens (including phenoxy) is 1. The third-order valence-corrected chi connectivity index (χ3v) is 5.61. The van der Waals surface area contributed by atoms with Crippen molar-refractivity contribution in [1.29, 1.82) is 0 Å². The molecule has 0 saturated carbocycles. The van der Waals surface area contributed by atoms with Gasteiger partial charge in [-0.2, -0.15) is 4.39 Å². The van der Waals surface area contributed by atoms with E-state index in [0.29, 0.717) is 16.9 Å². The zero-order chi connectivity index (χ0) is 22.2. The van der Waals surface area contributed by atoms with Crippen LogP contribution in [0.25, 0.3) is 31.8 Å². The number of aromatic nitrogens is 3. The van der Waals surface area contributed by atoms with Gasteiger partial charge in [0.15, 0.2) is 0 Å². The van der Waals surface area contributed by atoms with Crippen LogP contribution in [0.4, 0.5) is 14.9 Å². The summed E-state index contributed by atoms with van der Waals surface area (Å²) in [7, 11) is 0. The van der Waals surface area contributed by atoms with Crippen molar-refractivity contribution in [2.75, 3.05) is 5.32 Å². The molecule has 0 aliphatic carbocycles. The molecule has 0 aliphatic heterocycles. The quantitative estimate of drug-likeness (QED) is 0.279. The Kier molecular flexibility index (Phi) is 5.60. The summed E-state index contributed by atoms with van der Waals surface area (Å²) in [5.74, 6) is -0.652. The summed E-state index contributed by atoms with van der Waals surface area (Å²) in [6.45, 7) is 5.30. The van der Waals surface area contributed by atoms with E-state index in [2.05, 4.69) is 20.3 Å². The maximum Gasteiger partial charge on any atom is 0.412 e. The van der Waals surface area contributed by atoms with Crippen LogP contribution in [-0.2, 0) is 4.74 Å². The molecule has 0 atom stereocenters. The fraction of sp³-hybridized carbons (Fsp3) is 0.182. The lowest BCUT2D eigenvalue weighted by Gasteiger charge is -2.20. The minimum atomic E-state index is -0.667. The van der Waals surface area contributed by atoms with E-state index >= 15 is 0 Å². The first-order valence-electron chi connectivity index (χ1n) is 9.37. The fourth-order valence-electron chi connectivity index (χ4n) is 3.04. The number of pyridine rings is 1. The molecule has 0 aliphatic rings. The van der Waals surface area contributed by atoms with Crippen LogP contribution >= 0.6 is 22.9 Å². The van der Waals surface area contributed by atoms with E-state index in [1.807, 2.05) is 24.3 Å². The monoisotopic (exact) mass is 456 g/mol. The SMILES string of the molecule is CC(C)(C)OC(=O)Nc1cnc(F)cc1-c1cccc2cc(-c3ccnc(Cl)n3)sc12. The minimum absolute atomic E-state index is 0.162. The van der Waals surface area contributed by atoms with Crippen LogP contribution in [0.2, 0.25) is 5.28 Å². The number of carbonyl (C=O) groups is 1. The Balaban J connectivity index is 1.80. The Hall–Kier alpha value is -3.10. The number of carbonyl (C=O) groups excluding carboxylic acids is 1. The third-order valence-electron chi connectivity index (χ3n) is 4.22. The van der Waals surface area contributed by atoms with Gasteiger partial charge in [0.05, 0.1) is 22.5 Å². The van der Waals surface area contributed by atoms with Crippen LogP contribution in [0.1, 0.15) is 20.8 Å². The number of hydrogen-bond acceptors (Lipinski definition) is 6. The molecular weight excluding hydrogens is 439 g/mol. The summed E-state index contributed by atoms with van der Waals surface area (Å²) in [5, 5.41) is 3.79. The summed E-state index contributed by atoms with van der Waals surface area (Å²) in [6.07, 6.45) is 2.24. The molecule has 31 heavy (non-hydrogen) atoms. The molecule has 158 valence electrons. The maximum absolute atomic E-state index is 14.1. The average molecular weight is 457 g/mol. The van der Waals surface area contributed by atoms with Crippen LogP contribution < -0.4 is 5.32 Å². The molecule has 1 aromatic carbocycles. The smallest absolute Gasteiger partial charge is 0.412 e. The highest BCUT2D eigenvalue weighted by Gasteiger charge is 2.19. The number of nitrogens with one attached hydrogen (secondary N) is 1. The van der Waals surface area contributed by atoms with Crippen LogP contribution in [0.3, 0.4) is 0 Å². The van der Waals surface area contributed by atoms with Crippen LogP contribution in [0, 0.1) is 5.95 Å². The summed E-state index contributed by atoms with van der Waals surface area (Å²) in [5.41, 5.74) is 1.63. The largest absolute Gasteiger partial charge is 0.444 e. The first-order valence-corrected chi connectivity index (χ1v) is 10.6. The van der Waals surface area contributed by atoms with Gasteiger partial charge in [0.25, 0.3) is 0 Å². The molecule has 4 rings (SSSR count). The van der Waals surface area contributed by atoms with Gasteiger partial charge >= 0.3 is 6.09 Å². The maximum atomic E-state index is 14.1. The molecule has 1 N–H and O–H groups in total. The van der Waals surface area contributed by atoms with Crippen molar-refractivity contribution in [3.63, 3.8) is 0 Å². The summed E-state index contributed by atoms with van der Waals surface area (Å²) < 4.78 is 20.3. The summed E-state index contributed by atoms with van der Waals surface area (Å²) in [6, 6.07) is 10.8. The van der Waals surface area contributed by atoms with Crippen molar-refractivity contribution in [2.24, 2.45) is 0 Å². The standard InChI is InChI=1S/C22H18ClFN4O2S/c1-22(2,3)30-21(29)28-16-11-26-18(24)10-14(16)13-6-4-5-12-9-17(31-19(12)13)15-7-8-25-20(23)27-15/h4-11H,1-3H3,(H,28,29). The highest BCUT2D eigenvalue weighted by atomic mass is 35.5. The number of fused-ring (bicyclic) bond motifs is 1. The van der Waals surface area contributed by atoms with Gasteiger partial charge in [-0.1, -0.05) is 18.2 Å². The van der Waals surface area contributed by atoms with E-state index < -0.39 is 17.6 Å². The van der Waals surface area contributed by atoms with Gasteiger partial charge in [0, 0.05) is 28.1 Å². The molecule has 0 unspecified atom stereocenters. The van der Waals surface area contributed by atoms with Crippen molar-refractivity contribution < 1.29 is 13.9 Å². The molecule has 1 amide bonds. The topological polar surface area (TPSA) is 77.0 Å². The molecule has 0 fully saturated rings. The zero-order valence-electron chi connectivity index (χ0n) is 16.9. The molecule has 0 spiro atoms. The predicted octanol–water partition coefficient (Wildman–Crippen LogP) is 6.56. The lowest BCUT2D eigenvalue weighted by Crippen LogP contribution is -2.27. The Bertz CT molecular complexity index is 1290. The molecule has 0 radical (unpaired) electrons. The molecule has 3 aromatic heterocycles. The van der Waals surface area contributed by atoms with E-state index in [0.717, 1.165) is 20.5 Å². The lowest BCUT2D eigenvalue weighted by molar-refractivity contribution is 0.0636. The third kappa shape index (κ3) is 4.81. The van der Waals surface area contributed by atoms with E-state index in [9.17, 15) is 9.18 Å². The first kappa shape index (κ1) is 21.1.